The lowest BCUT2D eigenvalue weighted by Gasteiger charge is -2.19. The number of hydrogen-bond acceptors (Lipinski definition) is 5. The van der Waals surface area contributed by atoms with Gasteiger partial charge in [-0.3, -0.25) is 4.90 Å². The number of aliphatic hydroxyl groups is 2. The Kier molecular flexibility index (Phi) is 6.23. The monoisotopic (exact) mass is 284 g/mol. The van der Waals surface area contributed by atoms with Crippen molar-refractivity contribution >= 4 is 11.3 Å². The standard InChI is InChI=1S/C14H24N2O2S/c17-8-3-6-16(7-9-18)10-13-11-19-14(15-13)12-4-1-2-5-12/h11-12,17-18H,1-10H2. The second-order valence-electron chi connectivity index (χ2n) is 5.24. The van der Waals surface area contributed by atoms with Crippen LogP contribution in [0.5, 0.6) is 0 Å². The Morgan fingerprint density at radius 2 is 2.00 bits per heavy atom. The number of hydrogen-bond donors (Lipinski definition) is 2. The smallest absolute Gasteiger partial charge is 0.0959 e. The summed E-state index contributed by atoms with van der Waals surface area (Å²) in [4.78, 5) is 6.91. The average molecular weight is 284 g/mol. The number of aromatic nitrogens is 1. The van der Waals surface area contributed by atoms with Crippen LogP contribution >= 0.6 is 11.3 Å². The van der Waals surface area contributed by atoms with Crippen molar-refractivity contribution in [2.24, 2.45) is 0 Å². The molecule has 1 aromatic rings. The highest BCUT2D eigenvalue weighted by Gasteiger charge is 2.20. The van der Waals surface area contributed by atoms with Gasteiger partial charge in [-0.2, -0.15) is 0 Å². The van der Waals surface area contributed by atoms with Crippen LogP contribution in [-0.2, 0) is 6.54 Å². The minimum Gasteiger partial charge on any atom is -0.396 e. The summed E-state index contributed by atoms with van der Waals surface area (Å²) in [6.45, 7) is 2.60. The molecule has 1 heterocycles. The lowest BCUT2D eigenvalue weighted by Crippen LogP contribution is -2.28. The van der Waals surface area contributed by atoms with Crippen molar-refractivity contribution in [1.82, 2.24) is 9.88 Å². The van der Waals surface area contributed by atoms with Crippen LogP contribution in [0.1, 0.15) is 48.7 Å². The number of thiazole rings is 1. The van der Waals surface area contributed by atoms with E-state index in [1.807, 2.05) is 0 Å². The molecule has 5 heteroatoms. The normalized spacial score (nSPS) is 16.6. The van der Waals surface area contributed by atoms with Crippen LogP contribution in [0, 0.1) is 0 Å². The van der Waals surface area contributed by atoms with Gasteiger partial charge in [-0.1, -0.05) is 12.8 Å². The van der Waals surface area contributed by atoms with E-state index in [1.165, 1.54) is 30.7 Å². The van der Waals surface area contributed by atoms with E-state index < -0.39 is 0 Å². The first-order valence-electron chi connectivity index (χ1n) is 7.22. The number of nitrogens with zero attached hydrogens (tertiary/aromatic N) is 2. The maximum atomic E-state index is 9.07. The van der Waals surface area contributed by atoms with Crippen molar-refractivity contribution in [3.8, 4) is 0 Å². The Balaban J connectivity index is 1.89. The van der Waals surface area contributed by atoms with Crippen LogP contribution in [-0.4, -0.2) is 46.4 Å². The molecule has 0 unspecified atom stereocenters. The third-order valence-electron chi connectivity index (χ3n) is 3.71. The molecule has 0 radical (unpaired) electrons. The largest absolute Gasteiger partial charge is 0.396 e. The highest BCUT2D eigenvalue weighted by Crippen LogP contribution is 2.35. The van der Waals surface area contributed by atoms with Gasteiger partial charge in [-0.25, -0.2) is 4.98 Å². The minimum absolute atomic E-state index is 0.158. The van der Waals surface area contributed by atoms with E-state index in [-0.39, 0.29) is 13.2 Å². The molecule has 0 spiro atoms. The highest BCUT2D eigenvalue weighted by atomic mass is 32.1. The van der Waals surface area contributed by atoms with Gasteiger partial charge in [0, 0.05) is 37.5 Å². The molecule has 1 aliphatic rings. The first-order chi connectivity index (χ1) is 9.33. The Morgan fingerprint density at radius 3 is 2.68 bits per heavy atom. The second-order valence-corrected chi connectivity index (χ2v) is 6.13. The molecule has 0 aliphatic heterocycles. The average Bonchev–Trinajstić information content (AvgIpc) is 3.06. The van der Waals surface area contributed by atoms with Gasteiger partial charge in [-0.05, 0) is 19.3 Å². The van der Waals surface area contributed by atoms with E-state index in [0.717, 1.165) is 25.2 Å². The SMILES string of the molecule is OCCCN(CCO)Cc1csc(C2CCCC2)n1. The Morgan fingerprint density at radius 1 is 1.21 bits per heavy atom. The molecule has 2 rings (SSSR count). The molecular formula is C14H24N2O2S. The van der Waals surface area contributed by atoms with Crippen LogP contribution in [0.4, 0.5) is 0 Å². The zero-order valence-electron chi connectivity index (χ0n) is 11.4. The molecule has 0 atom stereocenters. The Labute approximate surface area is 119 Å². The zero-order chi connectivity index (χ0) is 13.5. The van der Waals surface area contributed by atoms with Gasteiger partial charge in [-0.15, -0.1) is 11.3 Å². The van der Waals surface area contributed by atoms with Gasteiger partial charge in [0.25, 0.3) is 0 Å². The van der Waals surface area contributed by atoms with Gasteiger partial charge in [0.2, 0.25) is 0 Å². The summed E-state index contributed by atoms with van der Waals surface area (Å²) >= 11 is 1.78. The van der Waals surface area contributed by atoms with Crippen LogP contribution in [0.25, 0.3) is 0 Å². The van der Waals surface area contributed by atoms with E-state index in [9.17, 15) is 0 Å². The molecule has 4 nitrogen and oxygen atoms in total. The van der Waals surface area contributed by atoms with Crippen molar-refractivity contribution in [1.29, 1.82) is 0 Å². The Bertz CT molecular complexity index is 364. The van der Waals surface area contributed by atoms with Crippen LogP contribution in [0.2, 0.25) is 0 Å². The van der Waals surface area contributed by atoms with E-state index >= 15 is 0 Å². The minimum atomic E-state index is 0.158. The molecule has 0 aromatic carbocycles. The molecule has 1 aromatic heterocycles. The third-order valence-corrected chi connectivity index (χ3v) is 4.76. The van der Waals surface area contributed by atoms with Crippen molar-refractivity contribution in [3.63, 3.8) is 0 Å². The molecule has 0 amide bonds. The van der Waals surface area contributed by atoms with E-state index in [0.29, 0.717) is 12.5 Å². The fourth-order valence-corrected chi connectivity index (χ4v) is 3.67. The summed E-state index contributed by atoms with van der Waals surface area (Å²) in [6, 6.07) is 0. The number of aliphatic hydroxyl groups excluding tert-OH is 2. The molecule has 1 fully saturated rings. The molecule has 19 heavy (non-hydrogen) atoms. The van der Waals surface area contributed by atoms with E-state index in [1.54, 1.807) is 11.3 Å². The topological polar surface area (TPSA) is 56.6 Å². The quantitative estimate of drug-likeness (QED) is 0.766. The Hall–Kier alpha value is -0.490. The van der Waals surface area contributed by atoms with Crippen LogP contribution < -0.4 is 0 Å². The summed E-state index contributed by atoms with van der Waals surface area (Å²) in [6.07, 6.45) is 6.01. The summed E-state index contributed by atoms with van der Waals surface area (Å²) in [5.74, 6) is 0.683. The van der Waals surface area contributed by atoms with Gasteiger partial charge < -0.3 is 10.2 Å². The first-order valence-corrected chi connectivity index (χ1v) is 8.10. The summed E-state index contributed by atoms with van der Waals surface area (Å²) in [7, 11) is 0. The van der Waals surface area contributed by atoms with Crippen molar-refractivity contribution in [2.45, 2.75) is 44.6 Å². The molecule has 108 valence electrons. The van der Waals surface area contributed by atoms with Crippen molar-refractivity contribution in [2.75, 3.05) is 26.3 Å². The fraction of sp³-hybridized carbons (Fsp3) is 0.786. The third kappa shape index (κ3) is 4.53. The predicted molar refractivity (Wildman–Crippen MR) is 77.4 cm³/mol. The lowest BCUT2D eigenvalue weighted by atomic mass is 10.1. The molecule has 1 saturated carbocycles. The molecule has 0 saturated heterocycles. The van der Waals surface area contributed by atoms with Crippen molar-refractivity contribution in [3.05, 3.63) is 16.1 Å². The highest BCUT2D eigenvalue weighted by molar-refractivity contribution is 7.09. The van der Waals surface area contributed by atoms with Gasteiger partial charge in [0.15, 0.2) is 0 Å². The lowest BCUT2D eigenvalue weighted by molar-refractivity contribution is 0.173. The van der Waals surface area contributed by atoms with E-state index in [4.69, 9.17) is 15.2 Å². The summed E-state index contributed by atoms with van der Waals surface area (Å²) < 4.78 is 0. The van der Waals surface area contributed by atoms with Gasteiger partial charge >= 0.3 is 0 Å². The second kappa shape index (κ2) is 7.94. The molecule has 1 aliphatic carbocycles. The van der Waals surface area contributed by atoms with Crippen molar-refractivity contribution < 1.29 is 10.2 Å². The fourth-order valence-electron chi connectivity index (χ4n) is 2.69. The van der Waals surface area contributed by atoms with Crippen LogP contribution in [0.15, 0.2) is 5.38 Å². The predicted octanol–water partition coefficient (Wildman–Crippen LogP) is 1.98. The molecule has 2 N–H and O–H groups in total. The molecule has 0 bridgehead atoms. The summed E-state index contributed by atoms with van der Waals surface area (Å²) in [5.41, 5.74) is 1.11. The summed E-state index contributed by atoms with van der Waals surface area (Å²) in [5, 5.41) is 21.4. The maximum Gasteiger partial charge on any atom is 0.0959 e. The van der Waals surface area contributed by atoms with Gasteiger partial charge in [0.05, 0.1) is 17.3 Å². The van der Waals surface area contributed by atoms with Gasteiger partial charge in [0.1, 0.15) is 0 Å². The van der Waals surface area contributed by atoms with E-state index in [2.05, 4.69) is 10.3 Å². The van der Waals surface area contributed by atoms with Crippen LogP contribution in [0.3, 0.4) is 0 Å². The first kappa shape index (κ1) is 14.9. The zero-order valence-corrected chi connectivity index (χ0v) is 12.2. The molecular weight excluding hydrogens is 260 g/mol. The maximum absolute atomic E-state index is 9.07. The number of rotatable bonds is 8.